The van der Waals surface area contributed by atoms with Gasteiger partial charge in [-0.25, -0.2) is 8.42 Å². The molecule has 2 aromatic carbocycles. The summed E-state index contributed by atoms with van der Waals surface area (Å²) in [4.78, 5) is 27.1. The van der Waals surface area contributed by atoms with E-state index >= 15 is 0 Å². The van der Waals surface area contributed by atoms with Crippen LogP contribution in [0, 0.1) is 13.8 Å². The number of rotatable bonds is 8. The third kappa shape index (κ3) is 5.46. The third-order valence-corrected chi connectivity index (χ3v) is 6.97. The van der Waals surface area contributed by atoms with Crippen LogP contribution in [0.1, 0.15) is 34.3 Å². The quantitative estimate of drug-likeness (QED) is 0.590. The average Bonchev–Trinajstić information content (AvgIpc) is 3.25. The van der Waals surface area contributed by atoms with E-state index < -0.39 is 16.1 Å². The molecule has 1 aliphatic heterocycles. The molecule has 9 heteroatoms. The molecule has 1 atom stereocenters. The number of ether oxygens (including phenoxy) is 1. The number of carbonyl (C=O) groups is 2. The molecule has 1 fully saturated rings. The summed E-state index contributed by atoms with van der Waals surface area (Å²) in [6.07, 6.45) is 1.36. The molecule has 1 saturated heterocycles. The maximum atomic E-state index is 13.0. The Hall–Kier alpha value is -2.91. The zero-order valence-corrected chi connectivity index (χ0v) is 19.4. The highest BCUT2D eigenvalue weighted by atomic mass is 32.2. The van der Waals surface area contributed by atoms with Gasteiger partial charge in [0.25, 0.3) is 15.9 Å². The van der Waals surface area contributed by atoms with E-state index in [0.29, 0.717) is 37.4 Å². The molecule has 0 spiro atoms. The van der Waals surface area contributed by atoms with E-state index in [1.54, 1.807) is 54.5 Å². The normalized spacial score (nSPS) is 16.1. The van der Waals surface area contributed by atoms with Crippen LogP contribution in [0.2, 0.25) is 0 Å². The Balaban J connectivity index is 1.68. The van der Waals surface area contributed by atoms with Crippen LogP contribution in [0.4, 0.5) is 5.69 Å². The minimum atomic E-state index is -3.74. The van der Waals surface area contributed by atoms with Crippen LogP contribution in [0.25, 0.3) is 0 Å². The maximum Gasteiger partial charge on any atom is 0.261 e. The Labute approximate surface area is 189 Å². The van der Waals surface area contributed by atoms with Crippen molar-refractivity contribution in [3.05, 3.63) is 59.2 Å². The van der Waals surface area contributed by atoms with Crippen molar-refractivity contribution in [2.45, 2.75) is 37.6 Å². The number of carbonyl (C=O) groups excluding carboxylic acids is 2. The van der Waals surface area contributed by atoms with Crippen molar-refractivity contribution in [1.82, 2.24) is 10.2 Å². The fourth-order valence-electron chi connectivity index (χ4n) is 3.62. The molecule has 2 amide bonds. The van der Waals surface area contributed by atoms with Crippen LogP contribution in [-0.4, -0.2) is 58.0 Å². The summed E-state index contributed by atoms with van der Waals surface area (Å²) in [6.45, 7) is 5.08. The largest absolute Gasteiger partial charge is 0.383 e. The topological polar surface area (TPSA) is 105 Å². The first-order valence-corrected chi connectivity index (χ1v) is 12.0. The summed E-state index contributed by atoms with van der Waals surface area (Å²) in [6, 6.07) is 10.7. The Kier molecular flexibility index (Phi) is 7.52. The molecule has 2 N–H and O–H groups in total. The van der Waals surface area contributed by atoms with Crippen molar-refractivity contribution in [3.63, 3.8) is 0 Å². The van der Waals surface area contributed by atoms with E-state index in [0.717, 1.165) is 17.5 Å². The lowest BCUT2D eigenvalue weighted by atomic mass is 10.1. The number of anilines is 1. The van der Waals surface area contributed by atoms with Crippen LogP contribution in [-0.2, 0) is 19.6 Å². The number of hydrogen-bond acceptors (Lipinski definition) is 5. The van der Waals surface area contributed by atoms with Gasteiger partial charge in [0, 0.05) is 31.5 Å². The molecule has 0 aliphatic carbocycles. The van der Waals surface area contributed by atoms with E-state index in [4.69, 9.17) is 4.74 Å². The molecule has 0 bridgehead atoms. The van der Waals surface area contributed by atoms with Gasteiger partial charge < -0.3 is 15.0 Å². The van der Waals surface area contributed by atoms with Gasteiger partial charge in [-0.2, -0.15) is 0 Å². The number of amides is 2. The van der Waals surface area contributed by atoms with Crippen LogP contribution in [0.5, 0.6) is 0 Å². The first-order valence-electron chi connectivity index (χ1n) is 10.5. The summed E-state index contributed by atoms with van der Waals surface area (Å²) in [7, 11) is -2.18. The molecular formula is C23H29N3O5S. The highest BCUT2D eigenvalue weighted by molar-refractivity contribution is 7.92. The minimum Gasteiger partial charge on any atom is -0.383 e. The lowest BCUT2D eigenvalue weighted by molar-refractivity contribution is -0.125. The number of nitrogens with zero attached hydrogens (tertiary/aromatic N) is 1. The van der Waals surface area contributed by atoms with Gasteiger partial charge in [-0.3, -0.25) is 14.3 Å². The summed E-state index contributed by atoms with van der Waals surface area (Å²) in [5.74, 6) is -0.441. The monoisotopic (exact) mass is 459 g/mol. The predicted octanol–water partition coefficient (Wildman–Crippen LogP) is 2.47. The first kappa shape index (κ1) is 23.7. The van der Waals surface area contributed by atoms with Gasteiger partial charge in [0.2, 0.25) is 5.91 Å². The Bertz CT molecular complexity index is 1080. The van der Waals surface area contributed by atoms with Gasteiger partial charge in [0.1, 0.15) is 6.04 Å². The highest BCUT2D eigenvalue weighted by Gasteiger charge is 2.34. The zero-order valence-electron chi connectivity index (χ0n) is 18.6. The number of nitrogens with one attached hydrogen (secondary N) is 2. The van der Waals surface area contributed by atoms with Crippen molar-refractivity contribution >= 4 is 27.5 Å². The van der Waals surface area contributed by atoms with Crippen LogP contribution in [0.3, 0.4) is 0 Å². The number of benzene rings is 2. The highest BCUT2D eigenvalue weighted by Crippen LogP contribution is 2.23. The molecule has 8 nitrogen and oxygen atoms in total. The molecular weight excluding hydrogens is 430 g/mol. The molecule has 1 aliphatic rings. The number of sulfonamides is 1. The number of likely N-dealkylation sites (tertiary alicyclic amines) is 1. The lowest BCUT2D eigenvalue weighted by Gasteiger charge is -2.24. The Morgan fingerprint density at radius 2 is 1.81 bits per heavy atom. The Morgan fingerprint density at radius 1 is 1.09 bits per heavy atom. The van der Waals surface area contributed by atoms with E-state index in [-0.39, 0.29) is 16.7 Å². The molecule has 172 valence electrons. The molecule has 0 saturated carbocycles. The van der Waals surface area contributed by atoms with Gasteiger partial charge in [-0.1, -0.05) is 6.07 Å². The third-order valence-electron chi connectivity index (χ3n) is 5.59. The van der Waals surface area contributed by atoms with Crippen LogP contribution >= 0.6 is 0 Å². The van der Waals surface area contributed by atoms with E-state index in [2.05, 4.69) is 10.0 Å². The van der Waals surface area contributed by atoms with Gasteiger partial charge in [-0.15, -0.1) is 0 Å². The smallest absolute Gasteiger partial charge is 0.261 e. The van der Waals surface area contributed by atoms with Crippen molar-refractivity contribution in [2.75, 3.05) is 31.5 Å². The number of hydrogen-bond donors (Lipinski definition) is 2. The summed E-state index contributed by atoms with van der Waals surface area (Å²) < 4.78 is 32.8. The van der Waals surface area contributed by atoms with E-state index in [1.165, 1.54) is 0 Å². The minimum absolute atomic E-state index is 0.181. The van der Waals surface area contributed by atoms with Crippen molar-refractivity contribution < 1.29 is 22.7 Å². The van der Waals surface area contributed by atoms with Crippen molar-refractivity contribution in [2.24, 2.45) is 0 Å². The summed E-state index contributed by atoms with van der Waals surface area (Å²) in [5.41, 5.74) is 2.66. The van der Waals surface area contributed by atoms with Crippen molar-refractivity contribution in [1.29, 1.82) is 0 Å². The molecule has 32 heavy (non-hydrogen) atoms. The maximum absolute atomic E-state index is 13.0. The fraction of sp³-hybridized carbons (Fsp3) is 0.391. The van der Waals surface area contributed by atoms with Gasteiger partial charge in [0.05, 0.1) is 11.5 Å². The predicted molar refractivity (Wildman–Crippen MR) is 122 cm³/mol. The first-order chi connectivity index (χ1) is 15.2. The van der Waals surface area contributed by atoms with Gasteiger partial charge in [0.15, 0.2) is 0 Å². The molecule has 3 rings (SSSR count). The average molecular weight is 460 g/mol. The standard InChI is InChI=1S/C23H29N3O5S/c1-16-6-11-20(15-17(16)2)32(29,30)25-19-9-7-18(8-10-19)23(28)26-13-4-5-21(26)22(27)24-12-14-31-3/h6-11,15,21,25H,4-5,12-14H2,1-3H3,(H,24,27). The van der Waals surface area contributed by atoms with Gasteiger partial charge in [-0.05, 0) is 74.2 Å². The molecule has 2 aromatic rings. The number of methoxy groups -OCH3 is 1. The zero-order chi connectivity index (χ0) is 23.3. The number of aryl methyl sites for hydroxylation is 2. The molecule has 1 heterocycles. The van der Waals surface area contributed by atoms with Gasteiger partial charge >= 0.3 is 0 Å². The lowest BCUT2D eigenvalue weighted by Crippen LogP contribution is -2.46. The fourth-order valence-corrected chi connectivity index (χ4v) is 4.76. The second kappa shape index (κ2) is 10.1. The van der Waals surface area contributed by atoms with Crippen LogP contribution < -0.4 is 10.0 Å². The molecule has 1 unspecified atom stereocenters. The SMILES string of the molecule is COCCNC(=O)C1CCCN1C(=O)c1ccc(NS(=O)(=O)c2ccc(C)c(C)c2)cc1. The Morgan fingerprint density at radius 3 is 2.47 bits per heavy atom. The summed E-state index contributed by atoms with van der Waals surface area (Å²) in [5, 5.41) is 2.79. The summed E-state index contributed by atoms with van der Waals surface area (Å²) >= 11 is 0. The van der Waals surface area contributed by atoms with E-state index in [1.807, 2.05) is 13.8 Å². The molecule has 0 aromatic heterocycles. The van der Waals surface area contributed by atoms with Crippen molar-refractivity contribution in [3.8, 4) is 0 Å². The second-order valence-corrected chi connectivity index (χ2v) is 9.55. The second-order valence-electron chi connectivity index (χ2n) is 7.87. The van der Waals surface area contributed by atoms with Crippen LogP contribution in [0.15, 0.2) is 47.4 Å². The molecule has 0 radical (unpaired) electrons. The van der Waals surface area contributed by atoms with E-state index in [9.17, 15) is 18.0 Å².